The van der Waals surface area contributed by atoms with Crippen LogP contribution in [0.5, 0.6) is 0 Å². The number of nitrogens with zero attached hydrogens (tertiary/aromatic N) is 1. The molecule has 1 aliphatic heterocycles. The van der Waals surface area contributed by atoms with E-state index in [0.29, 0.717) is 13.1 Å². The minimum atomic E-state index is -3.00. The van der Waals surface area contributed by atoms with Crippen molar-refractivity contribution in [1.82, 2.24) is 4.31 Å². The first-order valence-corrected chi connectivity index (χ1v) is 6.00. The third kappa shape index (κ3) is 2.62. The van der Waals surface area contributed by atoms with Crippen molar-refractivity contribution in [3.05, 3.63) is 0 Å². The van der Waals surface area contributed by atoms with Crippen LogP contribution in [0.15, 0.2) is 0 Å². The molecule has 0 saturated carbocycles. The van der Waals surface area contributed by atoms with Crippen LogP contribution in [0.4, 0.5) is 0 Å². The molecule has 0 radical (unpaired) electrons. The van der Waals surface area contributed by atoms with Crippen molar-refractivity contribution in [3.63, 3.8) is 0 Å². The lowest BCUT2D eigenvalue weighted by Crippen LogP contribution is -2.39. The van der Waals surface area contributed by atoms with Gasteiger partial charge in [0.05, 0.1) is 12.4 Å². The molecule has 1 aliphatic rings. The van der Waals surface area contributed by atoms with Crippen molar-refractivity contribution >= 4 is 22.9 Å². The minimum absolute atomic E-state index is 0.103. The summed E-state index contributed by atoms with van der Waals surface area (Å²) < 4.78 is 28.4. The third-order valence-corrected chi connectivity index (χ3v) is 3.62. The van der Waals surface area contributed by atoms with Gasteiger partial charge in [0.25, 0.3) is 0 Å². The molecule has 1 fully saturated rings. The average molecular weight is 211 g/mol. The summed E-state index contributed by atoms with van der Waals surface area (Å²) in [6.45, 7) is 1.09. The maximum Gasteiger partial charge on any atom is 0.211 e. The van der Waals surface area contributed by atoms with E-state index in [1.165, 1.54) is 10.6 Å². The Morgan fingerprint density at radius 3 is 2.25 bits per heavy atom. The Bertz CT molecular complexity index is 231. The summed E-state index contributed by atoms with van der Waals surface area (Å²) in [5, 5.41) is 0. The van der Waals surface area contributed by atoms with Crippen molar-refractivity contribution in [2.45, 2.75) is 18.9 Å². The Balaban J connectivity index is 2.47. The van der Waals surface area contributed by atoms with Crippen LogP contribution in [-0.2, 0) is 14.2 Å². The fourth-order valence-electron chi connectivity index (χ4n) is 1.27. The molecule has 0 aliphatic carbocycles. The van der Waals surface area contributed by atoms with E-state index in [1.807, 2.05) is 0 Å². The van der Waals surface area contributed by atoms with Crippen LogP contribution in [0.25, 0.3) is 0 Å². The van der Waals surface area contributed by atoms with Gasteiger partial charge in [0.1, 0.15) is 0 Å². The number of rotatable bonds is 2. The molecule has 0 N–H and O–H groups in total. The summed E-state index contributed by atoms with van der Waals surface area (Å²) in [7, 11) is -3.00. The topological polar surface area (TPSA) is 46.6 Å². The first-order chi connectivity index (χ1) is 5.54. The number of piperidine rings is 1. The van der Waals surface area contributed by atoms with E-state index in [0.717, 1.165) is 12.8 Å². The fourth-order valence-corrected chi connectivity index (χ4v) is 2.35. The summed E-state index contributed by atoms with van der Waals surface area (Å²) in [4.78, 5) is 0. The molecule has 0 aromatic rings. The van der Waals surface area contributed by atoms with E-state index in [2.05, 4.69) is 12.9 Å². The molecule has 0 aromatic heterocycles. The third-order valence-electron chi connectivity index (χ3n) is 2.02. The molecule has 4 nitrogen and oxygen atoms in total. The van der Waals surface area contributed by atoms with Crippen LogP contribution >= 0.6 is 12.9 Å². The fraction of sp³-hybridized carbons (Fsp3) is 1.00. The molecule has 1 saturated heterocycles. The highest BCUT2D eigenvalue weighted by Crippen LogP contribution is 2.16. The number of hydrogen-bond acceptors (Lipinski definition) is 4. The van der Waals surface area contributed by atoms with Crippen LogP contribution in [0.2, 0.25) is 0 Å². The van der Waals surface area contributed by atoms with Gasteiger partial charge in [-0.15, -0.1) is 0 Å². The van der Waals surface area contributed by atoms with Gasteiger partial charge in [0.15, 0.2) is 0 Å². The first kappa shape index (κ1) is 10.3. The quantitative estimate of drug-likeness (QED) is 0.527. The Morgan fingerprint density at radius 1 is 1.42 bits per heavy atom. The SMILES string of the molecule is CS(=O)(=O)N1CCC(OS)CC1. The lowest BCUT2D eigenvalue weighted by molar-refractivity contribution is 0.163. The smallest absolute Gasteiger partial charge is 0.211 e. The Morgan fingerprint density at radius 2 is 1.92 bits per heavy atom. The van der Waals surface area contributed by atoms with E-state index in [1.54, 1.807) is 0 Å². The molecule has 72 valence electrons. The van der Waals surface area contributed by atoms with Crippen LogP contribution in [0.1, 0.15) is 12.8 Å². The summed E-state index contributed by atoms with van der Waals surface area (Å²) >= 11 is 3.70. The van der Waals surface area contributed by atoms with Crippen LogP contribution < -0.4 is 0 Å². The summed E-state index contributed by atoms with van der Waals surface area (Å²) in [5.74, 6) is 0. The molecule has 1 heterocycles. The van der Waals surface area contributed by atoms with Crippen molar-refractivity contribution in [3.8, 4) is 0 Å². The Labute approximate surface area is 78.6 Å². The molecule has 12 heavy (non-hydrogen) atoms. The lowest BCUT2D eigenvalue weighted by atomic mass is 10.1. The molecular weight excluding hydrogens is 198 g/mol. The van der Waals surface area contributed by atoms with E-state index < -0.39 is 10.0 Å². The van der Waals surface area contributed by atoms with Crippen LogP contribution in [-0.4, -0.2) is 38.2 Å². The number of hydrogen-bond donors (Lipinski definition) is 1. The van der Waals surface area contributed by atoms with Gasteiger partial charge in [0.2, 0.25) is 10.0 Å². The van der Waals surface area contributed by atoms with Gasteiger partial charge in [-0.3, -0.25) is 0 Å². The second-order valence-corrected chi connectivity index (χ2v) is 5.16. The van der Waals surface area contributed by atoms with Gasteiger partial charge in [-0.1, -0.05) is 0 Å². The number of thiol groups is 1. The second-order valence-electron chi connectivity index (χ2n) is 2.97. The Kier molecular flexibility index (Phi) is 3.39. The molecule has 0 bridgehead atoms. The summed E-state index contributed by atoms with van der Waals surface area (Å²) in [6.07, 6.45) is 2.80. The van der Waals surface area contributed by atoms with Gasteiger partial charge in [-0.25, -0.2) is 12.7 Å². The van der Waals surface area contributed by atoms with Crippen molar-refractivity contribution in [1.29, 1.82) is 0 Å². The van der Waals surface area contributed by atoms with Gasteiger partial charge in [-0.05, 0) is 25.8 Å². The van der Waals surface area contributed by atoms with Gasteiger partial charge < -0.3 is 4.18 Å². The Hall–Kier alpha value is 0.220. The molecule has 6 heteroatoms. The zero-order valence-corrected chi connectivity index (χ0v) is 8.64. The van der Waals surface area contributed by atoms with Crippen molar-refractivity contribution < 1.29 is 12.6 Å². The highest BCUT2D eigenvalue weighted by molar-refractivity contribution is 7.88. The van der Waals surface area contributed by atoms with Gasteiger partial charge in [0, 0.05) is 13.1 Å². The van der Waals surface area contributed by atoms with E-state index in [9.17, 15) is 8.42 Å². The number of sulfonamides is 1. The molecule has 0 spiro atoms. The van der Waals surface area contributed by atoms with Gasteiger partial charge in [-0.2, -0.15) is 0 Å². The normalized spacial score (nSPS) is 22.8. The highest BCUT2D eigenvalue weighted by atomic mass is 32.2. The maximum atomic E-state index is 11.0. The molecule has 0 unspecified atom stereocenters. The molecule has 1 rings (SSSR count). The predicted octanol–water partition coefficient (Wildman–Crippen LogP) is 0.272. The maximum absolute atomic E-state index is 11.0. The summed E-state index contributed by atoms with van der Waals surface area (Å²) in [5.41, 5.74) is 0. The molecular formula is C6H13NO3S2. The van der Waals surface area contributed by atoms with E-state index in [-0.39, 0.29) is 6.10 Å². The molecule has 0 amide bonds. The standard InChI is InChI=1S/C6H13NO3S2/c1-12(8,9)7-4-2-6(10-11)3-5-7/h6,11H,2-5H2,1H3. The largest absolute Gasteiger partial charge is 0.315 e. The predicted molar refractivity (Wildman–Crippen MR) is 49.5 cm³/mol. The molecule has 0 atom stereocenters. The summed E-state index contributed by atoms with van der Waals surface area (Å²) in [6, 6.07) is 0. The molecule has 0 aromatic carbocycles. The van der Waals surface area contributed by atoms with Crippen LogP contribution in [0, 0.1) is 0 Å². The first-order valence-electron chi connectivity index (χ1n) is 3.79. The average Bonchev–Trinajstić information content (AvgIpc) is 2.03. The zero-order chi connectivity index (χ0) is 9.19. The zero-order valence-electron chi connectivity index (χ0n) is 6.93. The lowest BCUT2D eigenvalue weighted by Gasteiger charge is -2.28. The second kappa shape index (κ2) is 3.95. The van der Waals surface area contributed by atoms with Gasteiger partial charge >= 0.3 is 0 Å². The van der Waals surface area contributed by atoms with E-state index in [4.69, 9.17) is 4.18 Å². The minimum Gasteiger partial charge on any atom is -0.315 e. The van der Waals surface area contributed by atoms with Crippen LogP contribution in [0.3, 0.4) is 0 Å². The monoisotopic (exact) mass is 211 g/mol. The van der Waals surface area contributed by atoms with E-state index >= 15 is 0 Å². The van der Waals surface area contributed by atoms with Crippen molar-refractivity contribution in [2.24, 2.45) is 0 Å². The van der Waals surface area contributed by atoms with Crippen molar-refractivity contribution in [2.75, 3.05) is 19.3 Å². The highest BCUT2D eigenvalue weighted by Gasteiger charge is 2.24.